The van der Waals surface area contributed by atoms with Gasteiger partial charge in [-0.15, -0.1) is 10.2 Å². The summed E-state index contributed by atoms with van der Waals surface area (Å²) in [7, 11) is 3.40. The molecule has 1 heterocycles. The first-order chi connectivity index (χ1) is 14.4. The van der Waals surface area contributed by atoms with Crippen molar-refractivity contribution >= 4 is 40.9 Å². The summed E-state index contributed by atoms with van der Waals surface area (Å²) < 4.78 is 7.20. The van der Waals surface area contributed by atoms with Gasteiger partial charge in [0.25, 0.3) is 0 Å². The van der Waals surface area contributed by atoms with Crippen LogP contribution in [0.4, 0.5) is 0 Å². The Morgan fingerprint density at radius 3 is 2.50 bits per heavy atom. The molecule has 0 unspecified atom stereocenters. The maximum absolute atomic E-state index is 12.6. The molecule has 1 aromatic heterocycles. The minimum Gasteiger partial charge on any atom is -0.497 e. The van der Waals surface area contributed by atoms with E-state index in [0.717, 1.165) is 22.7 Å². The number of ether oxygens (including phenoxy) is 1. The second-order valence-electron chi connectivity index (χ2n) is 6.57. The molecule has 0 bridgehead atoms. The Kier molecular flexibility index (Phi) is 7.64. The van der Waals surface area contributed by atoms with E-state index in [2.05, 4.69) is 10.2 Å². The molecule has 158 valence electrons. The van der Waals surface area contributed by atoms with Gasteiger partial charge in [0.15, 0.2) is 11.0 Å². The van der Waals surface area contributed by atoms with Crippen molar-refractivity contribution in [2.24, 2.45) is 0 Å². The van der Waals surface area contributed by atoms with Crippen molar-refractivity contribution in [3.05, 3.63) is 58.1 Å². The normalized spacial score (nSPS) is 10.8. The van der Waals surface area contributed by atoms with Crippen molar-refractivity contribution in [1.29, 1.82) is 0 Å². The van der Waals surface area contributed by atoms with E-state index in [-0.39, 0.29) is 11.7 Å². The molecule has 0 spiro atoms. The molecule has 0 atom stereocenters. The molecular weight excluding hydrogens is 443 g/mol. The second kappa shape index (κ2) is 10.2. The van der Waals surface area contributed by atoms with Gasteiger partial charge in [0.1, 0.15) is 5.75 Å². The van der Waals surface area contributed by atoms with Gasteiger partial charge in [0, 0.05) is 25.7 Å². The standard InChI is InChI=1S/C21H22Cl2N4O2S/c1-4-27-20(15-6-8-16(29-3)9-7-15)24-25-21(27)30-13-19(28)26(2)12-14-5-10-17(22)18(23)11-14/h5-11H,4,12-13H2,1-3H3. The van der Waals surface area contributed by atoms with Crippen LogP contribution in [0.2, 0.25) is 10.0 Å². The zero-order valence-electron chi connectivity index (χ0n) is 16.9. The number of amides is 1. The third-order valence-electron chi connectivity index (χ3n) is 4.54. The average molecular weight is 465 g/mol. The summed E-state index contributed by atoms with van der Waals surface area (Å²) in [6.45, 7) is 3.18. The van der Waals surface area contributed by atoms with E-state index in [1.54, 1.807) is 31.2 Å². The summed E-state index contributed by atoms with van der Waals surface area (Å²) in [6.07, 6.45) is 0. The fourth-order valence-electron chi connectivity index (χ4n) is 2.87. The predicted molar refractivity (Wildman–Crippen MR) is 121 cm³/mol. The minimum atomic E-state index is -0.0114. The monoisotopic (exact) mass is 464 g/mol. The van der Waals surface area contributed by atoms with Crippen LogP contribution in [0.25, 0.3) is 11.4 Å². The molecule has 0 fully saturated rings. The topological polar surface area (TPSA) is 60.2 Å². The smallest absolute Gasteiger partial charge is 0.233 e. The lowest BCUT2D eigenvalue weighted by Gasteiger charge is -2.17. The lowest BCUT2D eigenvalue weighted by molar-refractivity contribution is -0.127. The highest BCUT2D eigenvalue weighted by molar-refractivity contribution is 7.99. The zero-order valence-corrected chi connectivity index (χ0v) is 19.3. The molecule has 0 N–H and O–H groups in total. The van der Waals surface area contributed by atoms with E-state index in [1.807, 2.05) is 41.8 Å². The number of hydrogen-bond acceptors (Lipinski definition) is 5. The summed E-state index contributed by atoms with van der Waals surface area (Å²) in [5.41, 5.74) is 1.86. The van der Waals surface area contributed by atoms with E-state index in [1.165, 1.54) is 11.8 Å². The number of hydrogen-bond donors (Lipinski definition) is 0. The molecule has 0 aliphatic carbocycles. The first kappa shape index (κ1) is 22.5. The maximum Gasteiger partial charge on any atom is 0.233 e. The lowest BCUT2D eigenvalue weighted by atomic mass is 10.2. The number of thioether (sulfide) groups is 1. The van der Waals surface area contributed by atoms with Crippen LogP contribution in [0.3, 0.4) is 0 Å². The van der Waals surface area contributed by atoms with Crippen LogP contribution in [0.15, 0.2) is 47.6 Å². The SMILES string of the molecule is CCn1c(SCC(=O)N(C)Cc2ccc(Cl)c(Cl)c2)nnc1-c1ccc(OC)cc1. The fraction of sp³-hybridized carbons (Fsp3) is 0.286. The number of halogens is 2. The number of carbonyl (C=O) groups is 1. The van der Waals surface area contributed by atoms with E-state index in [4.69, 9.17) is 27.9 Å². The lowest BCUT2D eigenvalue weighted by Crippen LogP contribution is -2.27. The zero-order chi connectivity index (χ0) is 21.7. The van der Waals surface area contributed by atoms with Gasteiger partial charge in [-0.3, -0.25) is 4.79 Å². The molecule has 0 saturated carbocycles. The number of benzene rings is 2. The molecule has 0 aliphatic rings. The van der Waals surface area contributed by atoms with Crippen LogP contribution in [-0.4, -0.2) is 45.5 Å². The Hall–Kier alpha value is -2.22. The Balaban J connectivity index is 1.65. The largest absolute Gasteiger partial charge is 0.497 e. The van der Waals surface area contributed by atoms with Crippen molar-refractivity contribution in [2.75, 3.05) is 19.9 Å². The van der Waals surface area contributed by atoms with Crippen molar-refractivity contribution in [3.8, 4) is 17.1 Å². The van der Waals surface area contributed by atoms with Crippen molar-refractivity contribution < 1.29 is 9.53 Å². The van der Waals surface area contributed by atoms with Crippen molar-refractivity contribution in [2.45, 2.75) is 25.2 Å². The molecule has 0 radical (unpaired) electrons. The summed E-state index contributed by atoms with van der Waals surface area (Å²) in [5, 5.41) is 10.3. The first-order valence-electron chi connectivity index (χ1n) is 9.31. The fourth-order valence-corrected chi connectivity index (χ4v) is 4.13. The Bertz CT molecular complexity index is 1020. The number of methoxy groups -OCH3 is 1. The minimum absolute atomic E-state index is 0.0114. The van der Waals surface area contributed by atoms with Gasteiger partial charge in [-0.2, -0.15) is 0 Å². The quantitative estimate of drug-likeness (QED) is 0.437. The molecular formula is C21H22Cl2N4O2S. The second-order valence-corrected chi connectivity index (χ2v) is 8.32. The average Bonchev–Trinajstić information content (AvgIpc) is 3.17. The van der Waals surface area contributed by atoms with Crippen molar-refractivity contribution in [1.82, 2.24) is 19.7 Å². The molecule has 2 aromatic carbocycles. The van der Waals surface area contributed by atoms with E-state index < -0.39 is 0 Å². The molecule has 0 saturated heterocycles. The molecule has 30 heavy (non-hydrogen) atoms. The van der Waals surface area contributed by atoms with E-state index in [0.29, 0.717) is 28.3 Å². The molecule has 9 heteroatoms. The molecule has 0 aliphatic heterocycles. The highest BCUT2D eigenvalue weighted by Crippen LogP contribution is 2.26. The molecule has 3 rings (SSSR count). The van der Waals surface area contributed by atoms with Gasteiger partial charge in [-0.1, -0.05) is 41.0 Å². The van der Waals surface area contributed by atoms with Crippen LogP contribution in [-0.2, 0) is 17.9 Å². The van der Waals surface area contributed by atoms with Gasteiger partial charge in [0.05, 0.1) is 22.9 Å². The molecule has 3 aromatic rings. The van der Waals surface area contributed by atoms with E-state index in [9.17, 15) is 4.79 Å². The maximum atomic E-state index is 12.6. The van der Waals surface area contributed by atoms with Crippen LogP contribution < -0.4 is 4.74 Å². The molecule has 1 amide bonds. The number of rotatable bonds is 8. The van der Waals surface area contributed by atoms with Gasteiger partial charge in [0.2, 0.25) is 5.91 Å². The third kappa shape index (κ3) is 5.28. The van der Waals surface area contributed by atoms with Gasteiger partial charge < -0.3 is 14.2 Å². The summed E-state index contributed by atoms with van der Waals surface area (Å²) in [6, 6.07) is 13.0. The number of aromatic nitrogens is 3. The van der Waals surface area contributed by atoms with Crippen molar-refractivity contribution in [3.63, 3.8) is 0 Å². The van der Waals surface area contributed by atoms with Crippen LogP contribution in [0.1, 0.15) is 12.5 Å². The summed E-state index contributed by atoms with van der Waals surface area (Å²) in [4.78, 5) is 14.3. The Morgan fingerprint density at radius 2 is 1.87 bits per heavy atom. The van der Waals surface area contributed by atoms with Gasteiger partial charge in [-0.05, 0) is 48.9 Å². The van der Waals surface area contributed by atoms with E-state index >= 15 is 0 Å². The highest BCUT2D eigenvalue weighted by Gasteiger charge is 2.16. The van der Waals surface area contributed by atoms with Crippen LogP contribution in [0, 0.1) is 0 Å². The Morgan fingerprint density at radius 1 is 1.13 bits per heavy atom. The molecule has 6 nitrogen and oxygen atoms in total. The van der Waals surface area contributed by atoms with Crippen LogP contribution >= 0.6 is 35.0 Å². The number of nitrogens with zero attached hydrogens (tertiary/aromatic N) is 4. The third-order valence-corrected chi connectivity index (χ3v) is 6.23. The summed E-state index contributed by atoms with van der Waals surface area (Å²) in [5.74, 6) is 1.80. The van der Waals surface area contributed by atoms with Gasteiger partial charge >= 0.3 is 0 Å². The highest BCUT2D eigenvalue weighted by atomic mass is 35.5. The van der Waals surface area contributed by atoms with Gasteiger partial charge in [-0.25, -0.2) is 0 Å². The Labute approximate surface area is 190 Å². The number of carbonyl (C=O) groups excluding carboxylic acids is 1. The summed E-state index contributed by atoms with van der Waals surface area (Å²) >= 11 is 13.4. The first-order valence-corrected chi connectivity index (χ1v) is 11.1. The van der Waals surface area contributed by atoms with Crippen LogP contribution in [0.5, 0.6) is 5.75 Å². The predicted octanol–water partition coefficient (Wildman–Crippen LogP) is 5.03.